The summed E-state index contributed by atoms with van der Waals surface area (Å²) in [6, 6.07) is 7.23. The molecule has 0 saturated carbocycles. The van der Waals surface area contributed by atoms with Gasteiger partial charge in [-0.25, -0.2) is 0 Å². The van der Waals surface area contributed by atoms with E-state index in [4.69, 9.17) is 10.5 Å². The number of nitrogens with two attached hydrogens (primary N) is 1. The predicted molar refractivity (Wildman–Crippen MR) is 58.1 cm³/mol. The van der Waals surface area contributed by atoms with Crippen LogP contribution in [-0.4, -0.2) is 25.0 Å². The summed E-state index contributed by atoms with van der Waals surface area (Å²) in [6.45, 7) is 0.310. The molecule has 5 heteroatoms. The van der Waals surface area contributed by atoms with Crippen LogP contribution in [0.3, 0.4) is 0 Å². The number of carbonyl (C=O) groups is 2. The van der Waals surface area contributed by atoms with Crippen molar-refractivity contribution in [3.8, 4) is 5.75 Å². The number of anilines is 1. The number of amides is 2. The monoisotopic (exact) mass is 220 g/mol. The number of hydrogen-bond donors (Lipinski definition) is 1. The van der Waals surface area contributed by atoms with Gasteiger partial charge in [0.05, 0.1) is 5.69 Å². The molecule has 2 N–H and O–H groups in total. The molecule has 2 rings (SSSR count). The highest BCUT2D eigenvalue weighted by molar-refractivity contribution is 5.98. The van der Waals surface area contributed by atoms with Crippen LogP contribution in [0.25, 0.3) is 0 Å². The Kier molecular flexibility index (Phi) is 2.76. The summed E-state index contributed by atoms with van der Waals surface area (Å²) in [4.78, 5) is 23.9. The van der Waals surface area contributed by atoms with Crippen molar-refractivity contribution in [2.45, 2.75) is 6.42 Å². The second-order valence-corrected chi connectivity index (χ2v) is 3.52. The van der Waals surface area contributed by atoms with E-state index < -0.39 is 5.91 Å². The zero-order valence-electron chi connectivity index (χ0n) is 8.68. The van der Waals surface area contributed by atoms with Crippen LogP contribution >= 0.6 is 0 Å². The summed E-state index contributed by atoms with van der Waals surface area (Å²) >= 11 is 0. The highest BCUT2D eigenvalue weighted by Gasteiger charge is 2.24. The molecule has 1 aliphatic heterocycles. The maximum atomic E-state index is 11.6. The number of rotatable bonds is 3. The van der Waals surface area contributed by atoms with Gasteiger partial charge in [0.1, 0.15) is 5.75 Å². The molecule has 16 heavy (non-hydrogen) atoms. The lowest BCUT2D eigenvalue weighted by Gasteiger charge is -2.28. The molecule has 0 atom stereocenters. The fraction of sp³-hybridized carbons (Fsp3) is 0.273. The average Bonchev–Trinajstić information content (AvgIpc) is 2.27. The van der Waals surface area contributed by atoms with Crippen LogP contribution in [0.15, 0.2) is 24.3 Å². The van der Waals surface area contributed by atoms with Crippen LogP contribution < -0.4 is 15.4 Å². The molecule has 0 saturated heterocycles. The maximum Gasteiger partial charge on any atom is 0.265 e. The topological polar surface area (TPSA) is 72.6 Å². The Morgan fingerprint density at radius 3 is 2.94 bits per heavy atom. The number of primary amides is 1. The summed E-state index contributed by atoms with van der Waals surface area (Å²) in [5.41, 5.74) is 5.76. The minimum Gasteiger partial charge on any atom is -0.482 e. The van der Waals surface area contributed by atoms with Gasteiger partial charge in [0, 0.05) is 13.0 Å². The van der Waals surface area contributed by atoms with E-state index in [1.165, 1.54) is 4.90 Å². The van der Waals surface area contributed by atoms with E-state index in [-0.39, 0.29) is 18.9 Å². The van der Waals surface area contributed by atoms with E-state index in [9.17, 15) is 9.59 Å². The quantitative estimate of drug-likeness (QED) is 0.795. The van der Waals surface area contributed by atoms with E-state index in [1.54, 1.807) is 12.1 Å². The zero-order valence-corrected chi connectivity index (χ0v) is 8.68. The Morgan fingerprint density at radius 1 is 1.44 bits per heavy atom. The van der Waals surface area contributed by atoms with Crippen molar-refractivity contribution in [2.75, 3.05) is 18.1 Å². The molecular formula is C11H12N2O3. The number of benzene rings is 1. The number of para-hydroxylation sites is 2. The Balaban J connectivity index is 2.23. The van der Waals surface area contributed by atoms with E-state index >= 15 is 0 Å². The molecule has 0 unspecified atom stereocenters. The molecule has 1 aromatic carbocycles. The first-order valence-corrected chi connectivity index (χ1v) is 4.99. The first-order valence-electron chi connectivity index (χ1n) is 4.99. The van der Waals surface area contributed by atoms with Gasteiger partial charge in [0.15, 0.2) is 6.61 Å². The standard InChI is InChI=1S/C11H12N2O3/c12-10(14)5-6-13-8-3-1-2-4-9(8)16-7-11(13)15/h1-4H,5-7H2,(H2,12,14). The summed E-state index contributed by atoms with van der Waals surface area (Å²) in [5.74, 6) is 0.0864. The fourth-order valence-electron chi connectivity index (χ4n) is 1.62. The number of hydrogen-bond acceptors (Lipinski definition) is 3. The molecule has 0 spiro atoms. The normalized spacial score (nSPS) is 14.2. The van der Waals surface area contributed by atoms with Gasteiger partial charge in [-0.1, -0.05) is 12.1 Å². The van der Waals surface area contributed by atoms with Crippen molar-refractivity contribution in [2.24, 2.45) is 5.73 Å². The molecule has 0 fully saturated rings. The van der Waals surface area contributed by atoms with Gasteiger partial charge in [-0.3, -0.25) is 9.59 Å². The van der Waals surface area contributed by atoms with Crippen molar-refractivity contribution < 1.29 is 14.3 Å². The van der Waals surface area contributed by atoms with Crippen LogP contribution in [0.1, 0.15) is 6.42 Å². The lowest BCUT2D eigenvalue weighted by Crippen LogP contribution is -2.40. The number of nitrogens with zero attached hydrogens (tertiary/aromatic N) is 1. The largest absolute Gasteiger partial charge is 0.482 e. The molecule has 2 amide bonds. The number of fused-ring (bicyclic) bond motifs is 1. The first-order chi connectivity index (χ1) is 7.68. The van der Waals surface area contributed by atoms with Gasteiger partial charge in [-0.2, -0.15) is 0 Å². The highest BCUT2D eigenvalue weighted by Crippen LogP contribution is 2.31. The van der Waals surface area contributed by atoms with Crippen molar-refractivity contribution in [3.63, 3.8) is 0 Å². The van der Waals surface area contributed by atoms with Gasteiger partial charge >= 0.3 is 0 Å². The Labute approximate surface area is 92.8 Å². The van der Waals surface area contributed by atoms with Gasteiger partial charge in [-0.15, -0.1) is 0 Å². The van der Waals surface area contributed by atoms with Crippen LogP contribution in [0.5, 0.6) is 5.75 Å². The zero-order chi connectivity index (χ0) is 11.5. The predicted octanol–water partition coefficient (Wildman–Crippen LogP) is 0.287. The van der Waals surface area contributed by atoms with Gasteiger partial charge in [0.2, 0.25) is 5.91 Å². The first kappa shape index (κ1) is 10.5. The molecule has 0 aliphatic carbocycles. The lowest BCUT2D eigenvalue weighted by molar-refractivity contribution is -0.121. The molecule has 0 radical (unpaired) electrons. The minimum absolute atomic E-state index is 0.00970. The van der Waals surface area contributed by atoms with Crippen LogP contribution in [0, 0.1) is 0 Å². The summed E-state index contributed by atoms with van der Waals surface area (Å²) in [5, 5.41) is 0. The van der Waals surface area contributed by atoms with Crippen molar-refractivity contribution in [3.05, 3.63) is 24.3 Å². The van der Waals surface area contributed by atoms with E-state index in [0.29, 0.717) is 18.0 Å². The van der Waals surface area contributed by atoms with Gasteiger partial charge in [0.25, 0.3) is 5.91 Å². The fourth-order valence-corrected chi connectivity index (χ4v) is 1.62. The molecule has 5 nitrogen and oxygen atoms in total. The number of ether oxygens (including phenoxy) is 1. The second kappa shape index (κ2) is 4.22. The van der Waals surface area contributed by atoms with Crippen LogP contribution in [0.2, 0.25) is 0 Å². The lowest BCUT2D eigenvalue weighted by atomic mass is 10.2. The molecule has 0 bridgehead atoms. The molecule has 84 valence electrons. The third kappa shape index (κ3) is 1.98. The third-order valence-electron chi connectivity index (χ3n) is 2.39. The maximum absolute atomic E-state index is 11.6. The van der Waals surface area contributed by atoms with Crippen molar-refractivity contribution in [1.82, 2.24) is 0 Å². The Hall–Kier alpha value is -2.04. The Morgan fingerprint density at radius 2 is 2.19 bits per heavy atom. The number of carbonyl (C=O) groups excluding carboxylic acids is 2. The van der Waals surface area contributed by atoms with Gasteiger partial charge < -0.3 is 15.4 Å². The summed E-state index contributed by atoms with van der Waals surface area (Å²) in [7, 11) is 0. The van der Waals surface area contributed by atoms with Crippen molar-refractivity contribution >= 4 is 17.5 Å². The molecule has 1 heterocycles. The third-order valence-corrected chi connectivity index (χ3v) is 2.39. The average molecular weight is 220 g/mol. The van der Waals surface area contributed by atoms with E-state index in [2.05, 4.69) is 0 Å². The van der Waals surface area contributed by atoms with Crippen LogP contribution in [-0.2, 0) is 9.59 Å². The molecule has 0 aromatic heterocycles. The van der Waals surface area contributed by atoms with Crippen molar-refractivity contribution in [1.29, 1.82) is 0 Å². The summed E-state index contributed by atoms with van der Waals surface area (Å²) in [6.07, 6.45) is 0.153. The van der Waals surface area contributed by atoms with E-state index in [1.807, 2.05) is 12.1 Å². The minimum atomic E-state index is -0.420. The second-order valence-electron chi connectivity index (χ2n) is 3.52. The van der Waals surface area contributed by atoms with Crippen LogP contribution in [0.4, 0.5) is 5.69 Å². The SMILES string of the molecule is NC(=O)CCN1C(=O)COc2ccccc21. The molecular weight excluding hydrogens is 208 g/mol. The Bertz CT molecular complexity index is 431. The molecule has 1 aromatic rings. The smallest absolute Gasteiger partial charge is 0.265 e. The highest BCUT2D eigenvalue weighted by atomic mass is 16.5. The summed E-state index contributed by atoms with van der Waals surface area (Å²) < 4.78 is 5.27. The van der Waals surface area contributed by atoms with E-state index in [0.717, 1.165) is 0 Å². The van der Waals surface area contributed by atoms with Gasteiger partial charge in [-0.05, 0) is 12.1 Å². The molecule has 1 aliphatic rings.